The fourth-order valence-corrected chi connectivity index (χ4v) is 2.94. The van der Waals surface area contributed by atoms with Crippen molar-refractivity contribution in [2.75, 3.05) is 13.2 Å². The molecule has 8 heteroatoms. The van der Waals surface area contributed by atoms with Gasteiger partial charge >= 0.3 is 12.6 Å². The van der Waals surface area contributed by atoms with Gasteiger partial charge in [0.2, 0.25) is 0 Å². The summed E-state index contributed by atoms with van der Waals surface area (Å²) in [6.07, 6.45) is 3.45. The predicted octanol–water partition coefficient (Wildman–Crippen LogP) is 3.57. The SMILES string of the molecule is Cc1ccsc1/C=C/C(=O)OCC(=O)NCCc1ccc(OC(F)F)cc1. The van der Waals surface area contributed by atoms with E-state index in [1.54, 1.807) is 18.2 Å². The third-order valence-electron chi connectivity index (χ3n) is 3.50. The lowest BCUT2D eigenvalue weighted by atomic mass is 10.1. The molecular formula is C19H19F2NO4S. The maximum atomic E-state index is 12.1. The van der Waals surface area contributed by atoms with Crippen molar-refractivity contribution in [1.29, 1.82) is 0 Å². The number of rotatable bonds is 9. The number of carbonyl (C=O) groups is 2. The Bertz CT molecular complexity index is 787. The quantitative estimate of drug-likeness (QED) is 0.521. The first kappa shape index (κ1) is 20.6. The second kappa shape index (κ2) is 10.4. The van der Waals surface area contributed by atoms with Crippen LogP contribution in [0.4, 0.5) is 8.78 Å². The maximum Gasteiger partial charge on any atom is 0.387 e. The molecule has 144 valence electrons. The summed E-state index contributed by atoms with van der Waals surface area (Å²) in [6.45, 7) is -0.959. The highest BCUT2D eigenvalue weighted by molar-refractivity contribution is 7.11. The lowest BCUT2D eigenvalue weighted by Crippen LogP contribution is -2.30. The van der Waals surface area contributed by atoms with Crippen LogP contribution in [0.2, 0.25) is 0 Å². The fraction of sp³-hybridized carbons (Fsp3) is 0.263. The summed E-state index contributed by atoms with van der Waals surface area (Å²) >= 11 is 1.51. The average Bonchev–Trinajstić information content (AvgIpc) is 3.04. The Morgan fingerprint density at radius 2 is 1.96 bits per heavy atom. The Hall–Kier alpha value is -2.74. The number of alkyl halides is 2. The molecule has 0 aliphatic carbocycles. The van der Waals surface area contributed by atoms with Crippen LogP contribution in [0, 0.1) is 6.92 Å². The van der Waals surface area contributed by atoms with Crippen LogP contribution in [0.15, 0.2) is 41.8 Å². The van der Waals surface area contributed by atoms with Crippen LogP contribution in [0.3, 0.4) is 0 Å². The van der Waals surface area contributed by atoms with Gasteiger partial charge < -0.3 is 14.8 Å². The minimum Gasteiger partial charge on any atom is -0.452 e. The highest BCUT2D eigenvalue weighted by Gasteiger charge is 2.06. The van der Waals surface area contributed by atoms with Crippen LogP contribution in [0.1, 0.15) is 16.0 Å². The van der Waals surface area contributed by atoms with Crippen LogP contribution < -0.4 is 10.1 Å². The predicted molar refractivity (Wildman–Crippen MR) is 98.8 cm³/mol. The molecule has 1 N–H and O–H groups in total. The van der Waals surface area contributed by atoms with Crippen LogP contribution in [0.5, 0.6) is 5.75 Å². The van der Waals surface area contributed by atoms with Crippen molar-refractivity contribution in [1.82, 2.24) is 5.32 Å². The first-order valence-corrected chi connectivity index (χ1v) is 9.01. The smallest absolute Gasteiger partial charge is 0.387 e. The van der Waals surface area contributed by atoms with Crippen molar-refractivity contribution < 1.29 is 27.8 Å². The van der Waals surface area contributed by atoms with Crippen LogP contribution in [-0.4, -0.2) is 31.6 Å². The van der Waals surface area contributed by atoms with E-state index in [9.17, 15) is 18.4 Å². The number of aryl methyl sites for hydroxylation is 1. The molecule has 0 atom stereocenters. The molecule has 0 radical (unpaired) electrons. The summed E-state index contributed by atoms with van der Waals surface area (Å²) in [5.74, 6) is -0.926. The number of esters is 1. The van der Waals surface area contributed by atoms with Gasteiger partial charge in [-0.05, 0) is 54.1 Å². The van der Waals surface area contributed by atoms with Crippen molar-refractivity contribution in [3.63, 3.8) is 0 Å². The zero-order valence-electron chi connectivity index (χ0n) is 14.6. The molecular weight excluding hydrogens is 376 g/mol. The standard InChI is InChI=1S/C19H19F2NO4S/c1-13-9-11-27-16(13)6-7-18(24)25-12-17(23)22-10-8-14-2-4-15(5-3-14)26-19(20)21/h2-7,9,11,19H,8,10,12H2,1H3,(H,22,23)/b7-6+. The van der Waals surface area contributed by atoms with E-state index in [4.69, 9.17) is 4.74 Å². The van der Waals surface area contributed by atoms with E-state index in [0.717, 1.165) is 16.0 Å². The summed E-state index contributed by atoms with van der Waals surface area (Å²) in [5.41, 5.74) is 1.92. The largest absolute Gasteiger partial charge is 0.452 e. The van der Waals surface area contributed by atoms with Crippen molar-refractivity contribution >= 4 is 29.3 Å². The molecule has 0 saturated carbocycles. The van der Waals surface area contributed by atoms with Gasteiger partial charge in [0.1, 0.15) is 5.75 Å². The molecule has 0 aliphatic heterocycles. The van der Waals surface area contributed by atoms with Crippen molar-refractivity contribution in [3.8, 4) is 5.75 Å². The van der Waals surface area contributed by atoms with Gasteiger partial charge in [-0.3, -0.25) is 4.79 Å². The van der Waals surface area contributed by atoms with E-state index >= 15 is 0 Å². The first-order chi connectivity index (χ1) is 12.9. The van der Waals surface area contributed by atoms with Gasteiger partial charge in [0, 0.05) is 17.5 Å². The lowest BCUT2D eigenvalue weighted by molar-refractivity contribution is -0.143. The average molecular weight is 395 g/mol. The minimum atomic E-state index is -2.86. The molecule has 0 unspecified atom stereocenters. The molecule has 2 rings (SSSR count). The molecule has 0 bridgehead atoms. The summed E-state index contributed by atoms with van der Waals surface area (Å²) < 4.78 is 33.3. The van der Waals surface area contributed by atoms with Crippen LogP contribution in [-0.2, 0) is 20.7 Å². The fourth-order valence-electron chi connectivity index (χ4n) is 2.12. The number of hydrogen-bond acceptors (Lipinski definition) is 5. The monoisotopic (exact) mass is 395 g/mol. The number of hydrogen-bond donors (Lipinski definition) is 1. The second-order valence-corrected chi connectivity index (χ2v) is 6.48. The van der Waals surface area contributed by atoms with Gasteiger partial charge in [-0.15, -0.1) is 11.3 Å². The third kappa shape index (κ3) is 7.57. The molecule has 1 aromatic heterocycles. The molecule has 1 aromatic carbocycles. The molecule has 5 nitrogen and oxygen atoms in total. The normalized spacial score (nSPS) is 11.0. The van der Waals surface area contributed by atoms with E-state index < -0.39 is 18.5 Å². The van der Waals surface area contributed by atoms with Crippen molar-refractivity contribution in [3.05, 3.63) is 57.8 Å². The molecule has 1 amide bonds. The number of ether oxygens (including phenoxy) is 2. The highest BCUT2D eigenvalue weighted by atomic mass is 32.1. The van der Waals surface area contributed by atoms with Gasteiger partial charge in [0.25, 0.3) is 5.91 Å². The Morgan fingerprint density at radius 3 is 2.59 bits per heavy atom. The Kier molecular flexibility index (Phi) is 7.94. The Labute approximate surface area is 159 Å². The number of halogens is 2. The Balaban J connectivity index is 1.65. The van der Waals surface area contributed by atoms with Gasteiger partial charge in [-0.1, -0.05) is 12.1 Å². The second-order valence-electron chi connectivity index (χ2n) is 5.53. The first-order valence-electron chi connectivity index (χ1n) is 8.13. The van der Waals surface area contributed by atoms with Gasteiger partial charge in [-0.2, -0.15) is 8.78 Å². The van der Waals surface area contributed by atoms with E-state index in [-0.39, 0.29) is 12.4 Å². The zero-order chi connectivity index (χ0) is 19.6. The third-order valence-corrected chi connectivity index (χ3v) is 4.49. The summed E-state index contributed by atoms with van der Waals surface area (Å²) in [4.78, 5) is 24.3. The van der Waals surface area contributed by atoms with Crippen LogP contribution >= 0.6 is 11.3 Å². The van der Waals surface area contributed by atoms with Crippen molar-refractivity contribution in [2.24, 2.45) is 0 Å². The number of thiophene rings is 1. The van der Waals surface area contributed by atoms with E-state index in [2.05, 4.69) is 10.1 Å². The number of benzene rings is 1. The molecule has 27 heavy (non-hydrogen) atoms. The molecule has 0 spiro atoms. The minimum absolute atomic E-state index is 0.0792. The molecule has 2 aromatic rings. The summed E-state index contributed by atoms with van der Waals surface area (Å²) in [5, 5.41) is 4.55. The van der Waals surface area contributed by atoms with Crippen molar-refractivity contribution in [2.45, 2.75) is 20.0 Å². The van der Waals surface area contributed by atoms with E-state index in [1.165, 1.54) is 29.5 Å². The molecule has 0 fully saturated rings. The summed E-state index contributed by atoms with van der Waals surface area (Å²) in [7, 11) is 0. The van der Waals surface area contributed by atoms with Gasteiger partial charge in [-0.25, -0.2) is 4.79 Å². The van der Waals surface area contributed by atoms with Crippen LogP contribution in [0.25, 0.3) is 6.08 Å². The number of nitrogens with one attached hydrogen (secondary N) is 1. The molecule has 0 saturated heterocycles. The zero-order valence-corrected chi connectivity index (χ0v) is 15.4. The molecule has 1 heterocycles. The number of amides is 1. The summed E-state index contributed by atoms with van der Waals surface area (Å²) in [6, 6.07) is 8.10. The lowest BCUT2D eigenvalue weighted by Gasteiger charge is -2.07. The van der Waals surface area contributed by atoms with Gasteiger partial charge in [0.05, 0.1) is 0 Å². The van der Waals surface area contributed by atoms with Gasteiger partial charge in [0.15, 0.2) is 6.61 Å². The van der Waals surface area contributed by atoms with E-state index in [0.29, 0.717) is 13.0 Å². The van der Waals surface area contributed by atoms with E-state index in [1.807, 2.05) is 18.4 Å². The molecule has 0 aliphatic rings. The number of carbonyl (C=O) groups excluding carboxylic acids is 2. The topological polar surface area (TPSA) is 64.6 Å². The maximum absolute atomic E-state index is 12.1. The Morgan fingerprint density at radius 1 is 1.22 bits per heavy atom. The highest BCUT2D eigenvalue weighted by Crippen LogP contribution is 2.17.